The number of ketones is 1. The normalized spacial score (nSPS) is 11.3. The Kier molecular flexibility index (Phi) is 9.05. The van der Waals surface area contributed by atoms with Crippen LogP contribution in [0.2, 0.25) is 0 Å². The van der Waals surface area contributed by atoms with Crippen LogP contribution in [0.3, 0.4) is 0 Å². The fourth-order valence-electron chi connectivity index (χ4n) is 2.37. The van der Waals surface area contributed by atoms with E-state index in [0.29, 0.717) is 5.56 Å². The van der Waals surface area contributed by atoms with Crippen LogP contribution in [0.5, 0.6) is 0 Å². The lowest BCUT2D eigenvalue weighted by molar-refractivity contribution is -0.147. The molecule has 7 heteroatoms. The van der Waals surface area contributed by atoms with Gasteiger partial charge in [-0.3, -0.25) is 14.4 Å². The molecule has 26 heavy (non-hydrogen) atoms. The first kappa shape index (κ1) is 21.3. The van der Waals surface area contributed by atoms with E-state index in [0.717, 1.165) is 5.56 Å². The summed E-state index contributed by atoms with van der Waals surface area (Å²) in [5.41, 5.74) is 1.44. The van der Waals surface area contributed by atoms with Crippen LogP contribution in [-0.4, -0.2) is 43.4 Å². The first-order valence-corrected chi connectivity index (χ1v) is 8.50. The third-order valence-electron chi connectivity index (χ3n) is 3.80. The molecule has 0 aliphatic rings. The molecule has 7 nitrogen and oxygen atoms in total. The molecule has 1 rings (SSSR count). The lowest BCUT2D eigenvalue weighted by Gasteiger charge is -2.17. The van der Waals surface area contributed by atoms with Gasteiger partial charge in [0.05, 0.1) is 20.1 Å². The Labute approximate surface area is 153 Å². The Balaban J connectivity index is 2.67. The van der Waals surface area contributed by atoms with Gasteiger partial charge in [0.2, 0.25) is 5.91 Å². The van der Waals surface area contributed by atoms with Crippen molar-refractivity contribution in [2.24, 2.45) is 0 Å². The zero-order chi connectivity index (χ0) is 19.5. The molecule has 142 valence electrons. The maximum atomic E-state index is 12.4. The monoisotopic (exact) mass is 363 g/mol. The van der Waals surface area contributed by atoms with Crippen molar-refractivity contribution in [2.75, 3.05) is 13.7 Å². The lowest BCUT2D eigenvalue weighted by Crippen LogP contribution is -2.42. The van der Waals surface area contributed by atoms with Gasteiger partial charge in [-0.15, -0.1) is 0 Å². The molecule has 0 bridgehead atoms. The second-order valence-corrected chi connectivity index (χ2v) is 5.73. The fraction of sp³-hybridized carbons (Fsp3) is 0.474. The van der Waals surface area contributed by atoms with E-state index in [2.05, 4.69) is 10.1 Å². The SMILES string of the molecule is CCOC(=O)[C@H](CCC(=O)c1ccccc1C)NC(=O)CCC(=O)OC. The fourth-order valence-corrected chi connectivity index (χ4v) is 2.37. The number of aryl methyl sites for hydroxylation is 1. The molecule has 1 N–H and O–H groups in total. The number of ether oxygens (including phenoxy) is 2. The molecule has 0 aliphatic carbocycles. The first-order chi connectivity index (χ1) is 12.4. The molecule has 1 aromatic carbocycles. The molecule has 0 radical (unpaired) electrons. The van der Waals surface area contributed by atoms with Gasteiger partial charge in [-0.1, -0.05) is 24.3 Å². The van der Waals surface area contributed by atoms with E-state index in [4.69, 9.17) is 4.74 Å². The summed E-state index contributed by atoms with van der Waals surface area (Å²) in [4.78, 5) is 47.5. The van der Waals surface area contributed by atoms with Crippen LogP contribution in [0.25, 0.3) is 0 Å². The minimum absolute atomic E-state index is 0.0833. The third kappa shape index (κ3) is 7.04. The summed E-state index contributed by atoms with van der Waals surface area (Å²) < 4.78 is 9.43. The predicted molar refractivity (Wildman–Crippen MR) is 94.6 cm³/mol. The van der Waals surface area contributed by atoms with Crippen molar-refractivity contribution in [1.29, 1.82) is 0 Å². The number of carbonyl (C=O) groups excluding carboxylic acids is 4. The Morgan fingerprint density at radius 2 is 1.77 bits per heavy atom. The average molecular weight is 363 g/mol. The summed E-state index contributed by atoms with van der Waals surface area (Å²) in [6.45, 7) is 3.66. The van der Waals surface area contributed by atoms with Gasteiger partial charge in [0, 0.05) is 18.4 Å². The topological polar surface area (TPSA) is 98.8 Å². The predicted octanol–water partition coefficient (Wildman–Crippen LogP) is 1.96. The number of hydrogen-bond donors (Lipinski definition) is 1. The van der Waals surface area contributed by atoms with Crippen molar-refractivity contribution < 1.29 is 28.7 Å². The van der Waals surface area contributed by atoms with Crippen molar-refractivity contribution >= 4 is 23.6 Å². The number of esters is 2. The number of carbonyl (C=O) groups is 4. The molecule has 0 aliphatic heterocycles. The first-order valence-electron chi connectivity index (χ1n) is 8.50. The maximum Gasteiger partial charge on any atom is 0.328 e. The average Bonchev–Trinajstić information content (AvgIpc) is 2.63. The highest BCUT2D eigenvalue weighted by Gasteiger charge is 2.23. The second kappa shape index (κ2) is 11.0. The molecule has 0 saturated carbocycles. The second-order valence-electron chi connectivity index (χ2n) is 5.73. The molecule has 0 fully saturated rings. The molecular weight excluding hydrogens is 338 g/mol. The van der Waals surface area contributed by atoms with Gasteiger partial charge in [0.1, 0.15) is 6.04 Å². The van der Waals surface area contributed by atoms with Gasteiger partial charge in [-0.25, -0.2) is 4.79 Å². The van der Waals surface area contributed by atoms with E-state index in [1.165, 1.54) is 7.11 Å². The van der Waals surface area contributed by atoms with Gasteiger partial charge in [0.25, 0.3) is 0 Å². The molecule has 0 heterocycles. The zero-order valence-electron chi connectivity index (χ0n) is 15.4. The van der Waals surface area contributed by atoms with E-state index in [1.807, 2.05) is 19.1 Å². The summed E-state index contributed by atoms with van der Waals surface area (Å²) >= 11 is 0. The van der Waals surface area contributed by atoms with Crippen LogP contribution in [0.4, 0.5) is 0 Å². The summed E-state index contributed by atoms with van der Waals surface area (Å²) in [5, 5.41) is 2.53. The van der Waals surface area contributed by atoms with Crippen molar-refractivity contribution in [3.05, 3.63) is 35.4 Å². The molecule has 0 aromatic heterocycles. The number of benzene rings is 1. The molecule has 1 aromatic rings. The Morgan fingerprint density at radius 3 is 2.38 bits per heavy atom. The van der Waals surface area contributed by atoms with Crippen LogP contribution in [0.15, 0.2) is 24.3 Å². The number of Topliss-reactive ketones (excluding diaryl/α,β-unsaturated/α-hetero) is 1. The van der Waals surface area contributed by atoms with Crippen LogP contribution in [-0.2, 0) is 23.9 Å². The Bertz CT molecular complexity index is 655. The number of nitrogens with one attached hydrogen (secondary N) is 1. The summed E-state index contributed by atoms with van der Waals surface area (Å²) in [5.74, 6) is -1.70. The summed E-state index contributed by atoms with van der Waals surface area (Å²) in [6.07, 6.45) is 0.0237. The molecule has 0 saturated heterocycles. The van der Waals surface area contributed by atoms with Crippen LogP contribution in [0.1, 0.15) is 48.5 Å². The highest BCUT2D eigenvalue weighted by molar-refractivity contribution is 5.97. The number of hydrogen-bond acceptors (Lipinski definition) is 6. The number of amides is 1. The van der Waals surface area contributed by atoms with Crippen molar-refractivity contribution in [2.45, 2.75) is 45.6 Å². The lowest BCUT2D eigenvalue weighted by atomic mass is 9.99. The molecule has 0 spiro atoms. The van der Waals surface area contributed by atoms with Crippen molar-refractivity contribution in [3.8, 4) is 0 Å². The summed E-state index contributed by atoms with van der Waals surface area (Å²) in [6, 6.07) is 6.25. The van der Waals surface area contributed by atoms with Crippen molar-refractivity contribution in [3.63, 3.8) is 0 Å². The largest absolute Gasteiger partial charge is 0.469 e. The third-order valence-corrected chi connectivity index (χ3v) is 3.80. The minimum Gasteiger partial charge on any atom is -0.469 e. The van der Waals surface area contributed by atoms with Gasteiger partial charge >= 0.3 is 11.9 Å². The molecule has 1 atom stereocenters. The van der Waals surface area contributed by atoms with Gasteiger partial charge < -0.3 is 14.8 Å². The van der Waals surface area contributed by atoms with Crippen LogP contribution < -0.4 is 5.32 Å². The molecule has 1 amide bonds. The minimum atomic E-state index is -0.937. The van der Waals surface area contributed by atoms with Gasteiger partial charge in [-0.2, -0.15) is 0 Å². The zero-order valence-corrected chi connectivity index (χ0v) is 15.4. The Hall–Kier alpha value is -2.70. The highest BCUT2D eigenvalue weighted by Crippen LogP contribution is 2.13. The van der Waals surface area contributed by atoms with E-state index < -0.39 is 23.9 Å². The quantitative estimate of drug-likeness (QED) is 0.504. The van der Waals surface area contributed by atoms with Crippen LogP contribution in [0, 0.1) is 6.92 Å². The highest BCUT2D eigenvalue weighted by atomic mass is 16.5. The Morgan fingerprint density at radius 1 is 1.08 bits per heavy atom. The van der Waals surface area contributed by atoms with E-state index in [1.54, 1.807) is 19.1 Å². The van der Waals surface area contributed by atoms with E-state index in [9.17, 15) is 19.2 Å². The van der Waals surface area contributed by atoms with Crippen molar-refractivity contribution in [1.82, 2.24) is 5.32 Å². The van der Waals surface area contributed by atoms with E-state index >= 15 is 0 Å². The molecule has 0 unspecified atom stereocenters. The number of methoxy groups -OCH3 is 1. The standard InChI is InChI=1S/C19H25NO6/c1-4-26-19(24)15(20-17(22)11-12-18(23)25-3)9-10-16(21)14-8-6-5-7-13(14)2/h5-8,15H,4,9-12H2,1-3H3,(H,20,22)/t15-/m0/s1. The summed E-state index contributed by atoms with van der Waals surface area (Å²) in [7, 11) is 1.23. The number of rotatable bonds is 10. The maximum absolute atomic E-state index is 12.4. The van der Waals surface area contributed by atoms with Gasteiger partial charge in [0.15, 0.2) is 5.78 Å². The van der Waals surface area contributed by atoms with Gasteiger partial charge in [-0.05, 0) is 25.8 Å². The van der Waals surface area contributed by atoms with Crippen LogP contribution >= 0.6 is 0 Å². The molecular formula is C19H25NO6. The smallest absolute Gasteiger partial charge is 0.328 e. The van der Waals surface area contributed by atoms with E-state index in [-0.39, 0.29) is 38.1 Å².